The fourth-order valence-corrected chi connectivity index (χ4v) is 6.89. The largest absolute Gasteiger partial charge is 0.392 e. The Balaban J connectivity index is 1.48. The van der Waals surface area contributed by atoms with Gasteiger partial charge in [-0.2, -0.15) is 10.2 Å². The van der Waals surface area contributed by atoms with E-state index in [9.17, 15) is 0 Å². The molecule has 0 N–H and O–H groups in total. The van der Waals surface area contributed by atoms with Crippen LogP contribution in [0.4, 0.5) is 0 Å². The van der Waals surface area contributed by atoms with Gasteiger partial charge in [-0.3, -0.25) is 0 Å². The van der Waals surface area contributed by atoms with Crippen LogP contribution in [0.3, 0.4) is 0 Å². The molecule has 7 rings (SSSR count). The second kappa shape index (κ2) is 3.04. The first-order chi connectivity index (χ1) is 9.43. The molecule has 4 fully saturated rings. The van der Waals surface area contributed by atoms with E-state index in [1.54, 1.807) is 0 Å². The fraction of sp³-hybridized carbons (Fsp3) is 0.933. The van der Waals surface area contributed by atoms with Crippen LogP contribution in [0, 0.1) is 41.4 Å². The Morgan fingerprint density at radius 1 is 0.895 bits per heavy atom. The molecule has 100 valence electrons. The van der Waals surface area contributed by atoms with Gasteiger partial charge in [0, 0.05) is 11.8 Å². The summed E-state index contributed by atoms with van der Waals surface area (Å²) in [5.74, 6) is 5.40. The lowest BCUT2D eigenvalue weighted by molar-refractivity contribution is -0.0655. The van der Waals surface area contributed by atoms with Crippen molar-refractivity contribution in [2.75, 3.05) is 0 Å². The van der Waals surface area contributed by atoms with Crippen molar-refractivity contribution in [2.24, 2.45) is 56.8 Å². The molecule has 0 aromatic rings. The standard InChI is InChI=1S/C15H19N3O/c1-2-6-7(3-1)14-12-9-4-8(10-5-16-19-15(9)10)11(12)13(6)17-18-14/h5-15H,1-4H2/t6-,7-,8-,9+,10+,11+,12+,13+,14+,15+/m1/s1. The van der Waals surface area contributed by atoms with Crippen LogP contribution in [-0.4, -0.2) is 24.4 Å². The van der Waals surface area contributed by atoms with Crippen molar-refractivity contribution in [3.8, 4) is 0 Å². The van der Waals surface area contributed by atoms with Crippen molar-refractivity contribution in [1.82, 2.24) is 0 Å². The van der Waals surface area contributed by atoms with E-state index < -0.39 is 0 Å². The Labute approximate surface area is 112 Å². The summed E-state index contributed by atoms with van der Waals surface area (Å²) in [5.41, 5.74) is 0. The quantitative estimate of drug-likeness (QED) is 0.657. The predicted molar refractivity (Wildman–Crippen MR) is 68.7 cm³/mol. The number of nitrogens with zero attached hydrogens (tertiary/aromatic N) is 3. The van der Waals surface area contributed by atoms with Gasteiger partial charge in [-0.1, -0.05) is 11.6 Å². The van der Waals surface area contributed by atoms with Crippen molar-refractivity contribution in [3.63, 3.8) is 0 Å². The first-order valence-electron chi connectivity index (χ1n) is 8.03. The van der Waals surface area contributed by atoms with E-state index >= 15 is 0 Å². The topological polar surface area (TPSA) is 46.3 Å². The second-order valence-corrected chi connectivity index (χ2v) is 7.59. The van der Waals surface area contributed by atoms with Gasteiger partial charge in [-0.15, -0.1) is 0 Å². The first kappa shape index (κ1) is 9.89. The summed E-state index contributed by atoms with van der Waals surface area (Å²) in [4.78, 5) is 5.68. The molecule has 0 radical (unpaired) electrons. The lowest BCUT2D eigenvalue weighted by atomic mass is 9.56. The van der Waals surface area contributed by atoms with Gasteiger partial charge in [0.05, 0.1) is 18.3 Å². The number of hydrogen-bond donors (Lipinski definition) is 0. The Kier molecular flexibility index (Phi) is 1.58. The van der Waals surface area contributed by atoms with Crippen LogP contribution in [0.25, 0.3) is 0 Å². The third-order valence-corrected chi connectivity index (χ3v) is 7.31. The maximum atomic E-state index is 5.68. The van der Waals surface area contributed by atoms with Crippen LogP contribution in [-0.2, 0) is 4.84 Å². The van der Waals surface area contributed by atoms with E-state index in [1.807, 2.05) is 0 Å². The minimum absolute atomic E-state index is 0.389. The molecular weight excluding hydrogens is 238 g/mol. The van der Waals surface area contributed by atoms with Gasteiger partial charge in [-0.25, -0.2) is 0 Å². The van der Waals surface area contributed by atoms with Gasteiger partial charge >= 0.3 is 0 Å². The van der Waals surface area contributed by atoms with Crippen LogP contribution in [0.2, 0.25) is 0 Å². The van der Waals surface area contributed by atoms with Gasteiger partial charge in [0.1, 0.15) is 6.10 Å². The molecule has 4 heteroatoms. The van der Waals surface area contributed by atoms with Crippen molar-refractivity contribution in [2.45, 2.75) is 43.9 Å². The van der Waals surface area contributed by atoms with Crippen LogP contribution in [0.15, 0.2) is 15.4 Å². The Hall–Kier alpha value is -0.930. The molecule has 3 heterocycles. The number of fused-ring (bicyclic) bond motifs is 5. The Morgan fingerprint density at radius 3 is 2.42 bits per heavy atom. The zero-order valence-corrected chi connectivity index (χ0v) is 10.9. The van der Waals surface area contributed by atoms with Crippen LogP contribution in [0.5, 0.6) is 0 Å². The fourth-order valence-electron chi connectivity index (χ4n) is 6.89. The van der Waals surface area contributed by atoms with Gasteiger partial charge in [-0.05, 0) is 48.9 Å². The van der Waals surface area contributed by atoms with Crippen LogP contribution < -0.4 is 0 Å². The molecule has 3 aliphatic heterocycles. The van der Waals surface area contributed by atoms with E-state index in [1.165, 1.54) is 25.7 Å². The molecule has 4 aliphatic carbocycles. The molecule has 0 saturated heterocycles. The average Bonchev–Trinajstić information content (AvgIpc) is 3.20. The van der Waals surface area contributed by atoms with E-state index in [4.69, 9.17) is 15.1 Å². The molecule has 19 heavy (non-hydrogen) atoms. The lowest BCUT2D eigenvalue weighted by Crippen LogP contribution is -2.57. The SMILES string of the molecule is C1=NO[C@@H]2[C@@H]1[C@H]1C[C@H]2[C@@H]2[C@H]3N=N[C@@H]([C@@H]4CCC[C@H]43)[C@@H]12. The molecule has 4 nitrogen and oxygen atoms in total. The predicted octanol–water partition coefficient (Wildman–Crippen LogP) is 2.50. The molecule has 0 aromatic carbocycles. The average molecular weight is 257 g/mol. The van der Waals surface area contributed by atoms with Crippen molar-refractivity contribution in [3.05, 3.63) is 0 Å². The summed E-state index contributed by atoms with van der Waals surface area (Å²) in [6, 6.07) is 1.08. The molecule has 4 saturated carbocycles. The summed E-state index contributed by atoms with van der Waals surface area (Å²) in [6.07, 6.45) is 8.06. The number of oxime groups is 1. The van der Waals surface area contributed by atoms with E-state index in [0.717, 1.165) is 35.5 Å². The van der Waals surface area contributed by atoms with Crippen molar-refractivity contribution < 1.29 is 4.84 Å². The summed E-state index contributed by atoms with van der Waals surface area (Å²) in [5, 5.41) is 13.6. The number of rotatable bonds is 0. The summed E-state index contributed by atoms with van der Waals surface area (Å²) < 4.78 is 0. The highest BCUT2D eigenvalue weighted by Gasteiger charge is 2.69. The van der Waals surface area contributed by atoms with Gasteiger partial charge in [0.2, 0.25) is 0 Å². The first-order valence-corrected chi connectivity index (χ1v) is 8.03. The van der Waals surface area contributed by atoms with Gasteiger partial charge in [0.25, 0.3) is 0 Å². The smallest absolute Gasteiger partial charge is 0.138 e. The monoisotopic (exact) mass is 257 g/mol. The van der Waals surface area contributed by atoms with Crippen LogP contribution >= 0.6 is 0 Å². The highest BCUT2D eigenvalue weighted by atomic mass is 16.6. The van der Waals surface area contributed by atoms with Crippen LogP contribution in [0.1, 0.15) is 25.7 Å². The van der Waals surface area contributed by atoms with Crippen molar-refractivity contribution >= 4 is 6.21 Å². The number of azo groups is 1. The molecule has 10 atom stereocenters. The summed E-state index contributed by atoms with van der Waals surface area (Å²) >= 11 is 0. The molecule has 0 aromatic heterocycles. The molecular formula is C15H19N3O. The third-order valence-electron chi connectivity index (χ3n) is 7.31. The van der Waals surface area contributed by atoms with Crippen molar-refractivity contribution in [1.29, 1.82) is 0 Å². The second-order valence-electron chi connectivity index (χ2n) is 7.59. The molecule has 0 unspecified atom stereocenters. The molecule has 0 amide bonds. The maximum Gasteiger partial charge on any atom is 0.138 e. The molecule has 7 aliphatic rings. The zero-order chi connectivity index (χ0) is 12.1. The Bertz CT molecular complexity index is 504. The van der Waals surface area contributed by atoms with E-state index in [0.29, 0.717) is 24.1 Å². The maximum absolute atomic E-state index is 5.68. The van der Waals surface area contributed by atoms with E-state index in [2.05, 4.69) is 11.4 Å². The van der Waals surface area contributed by atoms with Gasteiger partial charge < -0.3 is 4.84 Å². The molecule has 0 spiro atoms. The normalized spacial score (nSPS) is 66.1. The minimum atomic E-state index is 0.389. The highest BCUT2D eigenvalue weighted by molar-refractivity contribution is 5.64. The zero-order valence-electron chi connectivity index (χ0n) is 10.9. The minimum Gasteiger partial charge on any atom is -0.392 e. The highest BCUT2D eigenvalue weighted by Crippen LogP contribution is 2.67. The Morgan fingerprint density at radius 2 is 1.63 bits per heavy atom. The lowest BCUT2D eigenvalue weighted by Gasteiger charge is -2.52. The van der Waals surface area contributed by atoms with Gasteiger partial charge in [0.15, 0.2) is 0 Å². The number of hydrogen-bond acceptors (Lipinski definition) is 4. The third kappa shape index (κ3) is 0.944. The summed E-state index contributed by atoms with van der Waals surface area (Å²) in [7, 11) is 0. The summed E-state index contributed by atoms with van der Waals surface area (Å²) in [6.45, 7) is 0. The molecule has 4 bridgehead atoms. The van der Waals surface area contributed by atoms with E-state index in [-0.39, 0.29) is 0 Å².